The monoisotopic (exact) mass is 228 g/mol. The van der Waals surface area contributed by atoms with Crippen LogP contribution in [0.25, 0.3) is 0 Å². The van der Waals surface area contributed by atoms with E-state index in [-0.39, 0.29) is 12.0 Å². The SMILES string of the molecule is C[C@H](NC[C@@H](C#N)CCC#N)c1ccccn1. The van der Waals surface area contributed by atoms with E-state index < -0.39 is 0 Å². The first-order chi connectivity index (χ1) is 8.27. The minimum Gasteiger partial charge on any atom is -0.308 e. The zero-order chi connectivity index (χ0) is 12.5. The quantitative estimate of drug-likeness (QED) is 0.809. The van der Waals surface area contributed by atoms with Crippen LogP contribution in [0.1, 0.15) is 31.5 Å². The van der Waals surface area contributed by atoms with E-state index in [1.54, 1.807) is 6.20 Å². The largest absolute Gasteiger partial charge is 0.308 e. The van der Waals surface area contributed by atoms with E-state index in [2.05, 4.69) is 22.4 Å². The molecule has 0 bridgehead atoms. The Kier molecular flexibility index (Phi) is 5.71. The second kappa shape index (κ2) is 7.38. The molecule has 0 aliphatic rings. The average molecular weight is 228 g/mol. The molecular formula is C13H16N4. The fraction of sp³-hybridized carbons (Fsp3) is 0.462. The molecule has 17 heavy (non-hydrogen) atoms. The molecule has 4 nitrogen and oxygen atoms in total. The van der Waals surface area contributed by atoms with Crippen molar-refractivity contribution in [3.63, 3.8) is 0 Å². The van der Waals surface area contributed by atoms with E-state index in [9.17, 15) is 0 Å². The number of nitrogens with one attached hydrogen (secondary N) is 1. The van der Waals surface area contributed by atoms with Gasteiger partial charge < -0.3 is 5.32 Å². The Morgan fingerprint density at radius 3 is 2.82 bits per heavy atom. The summed E-state index contributed by atoms with van der Waals surface area (Å²) in [4.78, 5) is 4.25. The van der Waals surface area contributed by atoms with Crippen LogP contribution in [0.4, 0.5) is 0 Å². The Morgan fingerprint density at radius 1 is 1.41 bits per heavy atom. The molecule has 1 aromatic rings. The van der Waals surface area contributed by atoms with Gasteiger partial charge in [0.25, 0.3) is 0 Å². The maximum absolute atomic E-state index is 8.92. The summed E-state index contributed by atoms with van der Waals surface area (Å²) in [6, 6.07) is 10.2. The van der Waals surface area contributed by atoms with E-state index in [0.717, 1.165) is 5.69 Å². The van der Waals surface area contributed by atoms with Crippen molar-refractivity contribution in [1.29, 1.82) is 10.5 Å². The fourth-order valence-electron chi connectivity index (χ4n) is 1.51. The zero-order valence-corrected chi connectivity index (χ0v) is 9.93. The van der Waals surface area contributed by atoms with E-state index in [0.29, 0.717) is 19.4 Å². The molecule has 0 fully saturated rings. The van der Waals surface area contributed by atoms with Crippen molar-refractivity contribution in [3.05, 3.63) is 30.1 Å². The van der Waals surface area contributed by atoms with Gasteiger partial charge in [-0.15, -0.1) is 0 Å². The molecule has 0 aliphatic heterocycles. The Labute approximate surface area is 102 Å². The third-order valence-corrected chi connectivity index (χ3v) is 2.59. The lowest BCUT2D eigenvalue weighted by Crippen LogP contribution is -2.25. The second-order valence-corrected chi connectivity index (χ2v) is 3.91. The molecule has 0 radical (unpaired) electrons. The lowest BCUT2D eigenvalue weighted by molar-refractivity contribution is 0.484. The first-order valence-electron chi connectivity index (χ1n) is 5.68. The molecule has 0 spiro atoms. The predicted octanol–water partition coefficient (Wildman–Crippen LogP) is 2.18. The molecule has 1 N–H and O–H groups in total. The molecule has 1 aromatic heterocycles. The number of pyridine rings is 1. The van der Waals surface area contributed by atoms with Crippen LogP contribution in [0.5, 0.6) is 0 Å². The van der Waals surface area contributed by atoms with E-state index in [4.69, 9.17) is 10.5 Å². The summed E-state index contributed by atoms with van der Waals surface area (Å²) in [7, 11) is 0. The molecule has 0 amide bonds. The topological polar surface area (TPSA) is 72.5 Å². The van der Waals surface area contributed by atoms with E-state index in [1.807, 2.05) is 25.1 Å². The van der Waals surface area contributed by atoms with Gasteiger partial charge in [0.2, 0.25) is 0 Å². The van der Waals surface area contributed by atoms with Gasteiger partial charge >= 0.3 is 0 Å². The van der Waals surface area contributed by atoms with Crippen molar-refractivity contribution in [3.8, 4) is 12.1 Å². The number of hydrogen-bond acceptors (Lipinski definition) is 4. The minimum atomic E-state index is -0.110. The van der Waals surface area contributed by atoms with Gasteiger partial charge in [-0.2, -0.15) is 10.5 Å². The van der Waals surface area contributed by atoms with E-state index in [1.165, 1.54) is 0 Å². The Balaban J connectivity index is 2.40. The lowest BCUT2D eigenvalue weighted by atomic mass is 10.0. The summed E-state index contributed by atoms with van der Waals surface area (Å²) >= 11 is 0. The van der Waals surface area contributed by atoms with Crippen LogP contribution in [0.2, 0.25) is 0 Å². The minimum absolute atomic E-state index is 0.110. The molecular weight excluding hydrogens is 212 g/mol. The lowest BCUT2D eigenvalue weighted by Gasteiger charge is -2.15. The third kappa shape index (κ3) is 4.63. The molecule has 1 heterocycles. The number of nitrogens with zero attached hydrogens (tertiary/aromatic N) is 3. The molecule has 88 valence electrons. The highest BCUT2D eigenvalue weighted by molar-refractivity contribution is 5.07. The van der Waals surface area contributed by atoms with Crippen molar-refractivity contribution in [2.24, 2.45) is 5.92 Å². The maximum Gasteiger partial charge on any atom is 0.0669 e. The summed E-state index contributed by atoms with van der Waals surface area (Å²) < 4.78 is 0. The Morgan fingerprint density at radius 2 is 2.24 bits per heavy atom. The summed E-state index contributed by atoms with van der Waals surface area (Å²) in [5.41, 5.74) is 0.962. The highest BCUT2D eigenvalue weighted by Gasteiger charge is 2.10. The maximum atomic E-state index is 8.92. The van der Waals surface area contributed by atoms with Gasteiger partial charge in [-0.3, -0.25) is 4.98 Å². The molecule has 0 saturated heterocycles. The molecule has 1 rings (SSSR count). The summed E-state index contributed by atoms with van der Waals surface area (Å²) in [6.45, 7) is 2.61. The fourth-order valence-corrected chi connectivity index (χ4v) is 1.51. The van der Waals surface area contributed by atoms with E-state index >= 15 is 0 Å². The van der Waals surface area contributed by atoms with Crippen molar-refractivity contribution in [2.45, 2.75) is 25.8 Å². The average Bonchev–Trinajstić information content (AvgIpc) is 2.39. The highest BCUT2D eigenvalue weighted by Crippen LogP contribution is 2.10. The van der Waals surface area contributed by atoms with Crippen LogP contribution in [0, 0.1) is 28.6 Å². The van der Waals surface area contributed by atoms with Crippen LogP contribution < -0.4 is 5.32 Å². The van der Waals surface area contributed by atoms with Gasteiger partial charge in [0.15, 0.2) is 0 Å². The summed E-state index contributed by atoms with van der Waals surface area (Å²) in [5, 5.41) is 20.7. The van der Waals surface area contributed by atoms with Gasteiger partial charge in [-0.1, -0.05) is 6.07 Å². The molecule has 2 atom stereocenters. The molecule has 0 aromatic carbocycles. The predicted molar refractivity (Wildman–Crippen MR) is 64.6 cm³/mol. The second-order valence-electron chi connectivity index (χ2n) is 3.91. The van der Waals surface area contributed by atoms with Crippen molar-refractivity contribution in [2.75, 3.05) is 6.54 Å². The molecule has 0 unspecified atom stereocenters. The van der Waals surface area contributed by atoms with Crippen molar-refractivity contribution >= 4 is 0 Å². The van der Waals surface area contributed by atoms with Crippen LogP contribution in [0.15, 0.2) is 24.4 Å². The summed E-state index contributed by atoms with van der Waals surface area (Å²) in [6.07, 6.45) is 2.80. The number of aromatic nitrogens is 1. The van der Waals surface area contributed by atoms with Gasteiger partial charge in [0.1, 0.15) is 0 Å². The zero-order valence-electron chi connectivity index (χ0n) is 9.93. The highest BCUT2D eigenvalue weighted by atomic mass is 14.9. The van der Waals surface area contributed by atoms with Crippen LogP contribution in [-0.4, -0.2) is 11.5 Å². The van der Waals surface area contributed by atoms with Gasteiger partial charge in [0.05, 0.1) is 23.8 Å². The Hall–Kier alpha value is -1.91. The van der Waals surface area contributed by atoms with Gasteiger partial charge in [-0.25, -0.2) is 0 Å². The third-order valence-electron chi connectivity index (χ3n) is 2.59. The van der Waals surface area contributed by atoms with Crippen LogP contribution in [0.3, 0.4) is 0 Å². The normalized spacial score (nSPS) is 13.4. The number of hydrogen-bond donors (Lipinski definition) is 1. The molecule has 0 aliphatic carbocycles. The smallest absolute Gasteiger partial charge is 0.0669 e. The van der Waals surface area contributed by atoms with Gasteiger partial charge in [-0.05, 0) is 25.5 Å². The molecule has 0 saturated carbocycles. The number of rotatable bonds is 6. The van der Waals surface area contributed by atoms with Crippen molar-refractivity contribution in [1.82, 2.24) is 10.3 Å². The van der Waals surface area contributed by atoms with Gasteiger partial charge in [0, 0.05) is 25.2 Å². The standard InChI is InChI=1S/C13H16N4/c1-11(13-6-2-3-8-16-13)17-10-12(9-15)5-4-7-14/h2-3,6,8,11-12,17H,4-5,10H2,1H3/t11-,12+/m0/s1. The summed E-state index contributed by atoms with van der Waals surface area (Å²) in [5.74, 6) is -0.110. The number of nitriles is 2. The van der Waals surface area contributed by atoms with Crippen LogP contribution in [-0.2, 0) is 0 Å². The van der Waals surface area contributed by atoms with Crippen molar-refractivity contribution < 1.29 is 0 Å². The first-order valence-corrected chi connectivity index (χ1v) is 5.68. The van der Waals surface area contributed by atoms with Crippen LogP contribution >= 0.6 is 0 Å². The Bertz CT molecular complexity index is 402. The first kappa shape index (κ1) is 13.2. The molecule has 4 heteroatoms.